The third kappa shape index (κ3) is 6.19. The van der Waals surface area contributed by atoms with Crippen molar-refractivity contribution in [2.24, 2.45) is 12.0 Å². The fourth-order valence-electron chi connectivity index (χ4n) is 3.42. The van der Waals surface area contributed by atoms with Crippen LogP contribution in [0, 0.1) is 0 Å². The Morgan fingerprint density at radius 2 is 2.22 bits per heavy atom. The molecule has 3 heterocycles. The Bertz CT molecular complexity index is 586. The van der Waals surface area contributed by atoms with Crippen LogP contribution in [0.2, 0.25) is 0 Å². The summed E-state index contributed by atoms with van der Waals surface area (Å²) < 4.78 is 19.1. The number of ether oxygens (including phenoxy) is 3. The number of nitrogens with zero attached hydrogens (tertiary/aromatic N) is 4. The molecule has 0 radical (unpaired) electrons. The zero-order valence-corrected chi connectivity index (χ0v) is 16.6. The quantitative estimate of drug-likeness (QED) is 0.438. The van der Waals surface area contributed by atoms with Gasteiger partial charge in [0.05, 0.1) is 25.5 Å². The fraction of sp³-hybridized carbons (Fsp3) is 0.789. The van der Waals surface area contributed by atoms with Crippen LogP contribution in [0.3, 0.4) is 0 Å². The van der Waals surface area contributed by atoms with Gasteiger partial charge in [0.25, 0.3) is 0 Å². The molecule has 1 aromatic heterocycles. The molecule has 2 aliphatic heterocycles. The Labute approximate surface area is 161 Å². The lowest BCUT2D eigenvalue weighted by Gasteiger charge is -2.34. The molecule has 0 bridgehead atoms. The summed E-state index contributed by atoms with van der Waals surface area (Å²) >= 11 is 0. The minimum absolute atomic E-state index is 0.0353. The number of guanidine groups is 1. The molecule has 3 rings (SSSR count). The van der Waals surface area contributed by atoms with Crippen LogP contribution in [-0.4, -0.2) is 79.4 Å². The zero-order chi connectivity index (χ0) is 18.9. The van der Waals surface area contributed by atoms with Crippen molar-refractivity contribution in [3.05, 3.63) is 18.0 Å². The molecule has 1 N–H and O–H groups in total. The summed E-state index contributed by atoms with van der Waals surface area (Å²) in [4.78, 5) is 7.09. The average molecular weight is 380 g/mol. The first-order chi connectivity index (χ1) is 13.3. The molecule has 1 unspecified atom stereocenters. The molecular formula is C19H33N5O3. The summed E-state index contributed by atoms with van der Waals surface area (Å²) in [6.45, 7) is 8.45. The second-order valence-corrected chi connectivity index (χ2v) is 7.02. The summed E-state index contributed by atoms with van der Waals surface area (Å²) in [6.07, 6.45) is 7.24. The molecule has 0 saturated carbocycles. The highest BCUT2D eigenvalue weighted by Crippen LogP contribution is 2.21. The normalized spacial score (nSPS) is 22.2. The molecule has 0 amide bonds. The second-order valence-electron chi connectivity index (χ2n) is 7.02. The van der Waals surface area contributed by atoms with Crippen molar-refractivity contribution in [2.45, 2.75) is 38.4 Å². The van der Waals surface area contributed by atoms with Crippen LogP contribution in [0.15, 0.2) is 17.4 Å². The predicted octanol–water partition coefficient (Wildman–Crippen LogP) is 1.34. The van der Waals surface area contributed by atoms with Gasteiger partial charge in [0.15, 0.2) is 5.96 Å². The van der Waals surface area contributed by atoms with Crippen molar-refractivity contribution in [3.8, 4) is 0 Å². The van der Waals surface area contributed by atoms with E-state index in [1.807, 2.05) is 24.1 Å². The molecule has 0 spiro atoms. The van der Waals surface area contributed by atoms with Crippen molar-refractivity contribution >= 4 is 5.96 Å². The highest BCUT2D eigenvalue weighted by atomic mass is 16.5. The molecule has 0 aliphatic carbocycles. The first-order valence-electron chi connectivity index (χ1n) is 10.1. The maximum atomic E-state index is 5.94. The van der Waals surface area contributed by atoms with E-state index in [0.717, 1.165) is 76.8 Å². The number of morpholine rings is 1. The summed E-state index contributed by atoms with van der Waals surface area (Å²) in [5.74, 6) is 0.959. The van der Waals surface area contributed by atoms with E-state index in [2.05, 4.69) is 22.2 Å². The first kappa shape index (κ1) is 20.1. The van der Waals surface area contributed by atoms with Crippen LogP contribution in [0.4, 0.5) is 0 Å². The number of aromatic nitrogens is 2. The van der Waals surface area contributed by atoms with Crippen molar-refractivity contribution in [3.63, 3.8) is 0 Å². The monoisotopic (exact) mass is 379 g/mol. The summed E-state index contributed by atoms with van der Waals surface area (Å²) in [5.41, 5.74) is 1.11. The van der Waals surface area contributed by atoms with Gasteiger partial charge in [-0.3, -0.25) is 9.67 Å². The predicted molar refractivity (Wildman–Crippen MR) is 104 cm³/mol. The topological polar surface area (TPSA) is 73.1 Å². The number of hydrogen-bond donors (Lipinski definition) is 1. The van der Waals surface area contributed by atoms with Gasteiger partial charge in [0.1, 0.15) is 6.10 Å². The average Bonchev–Trinajstić information content (AvgIpc) is 3.14. The number of aliphatic imine (C=N–C) groups is 1. The van der Waals surface area contributed by atoms with Crippen molar-refractivity contribution in [1.82, 2.24) is 20.0 Å². The summed E-state index contributed by atoms with van der Waals surface area (Å²) in [5, 5.41) is 7.67. The van der Waals surface area contributed by atoms with Gasteiger partial charge < -0.3 is 24.4 Å². The van der Waals surface area contributed by atoms with Crippen molar-refractivity contribution in [2.75, 3.05) is 52.6 Å². The minimum Gasteiger partial charge on any atom is -0.381 e. The van der Waals surface area contributed by atoms with E-state index in [-0.39, 0.29) is 6.10 Å². The number of rotatable bonds is 7. The SMILES string of the molecule is CCNC(=NCCCOC1CCOCC1)N1CCOC(c2cnn(C)c2)C1. The van der Waals surface area contributed by atoms with Crippen LogP contribution >= 0.6 is 0 Å². The lowest BCUT2D eigenvalue weighted by Crippen LogP contribution is -2.48. The van der Waals surface area contributed by atoms with Crippen LogP contribution < -0.4 is 5.32 Å². The second kappa shape index (κ2) is 10.6. The molecule has 152 valence electrons. The van der Waals surface area contributed by atoms with Crippen LogP contribution in [0.5, 0.6) is 0 Å². The molecule has 2 aliphatic rings. The number of nitrogens with one attached hydrogen (secondary N) is 1. The van der Waals surface area contributed by atoms with Gasteiger partial charge in [-0.25, -0.2) is 0 Å². The maximum Gasteiger partial charge on any atom is 0.194 e. The van der Waals surface area contributed by atoms with E-state index >= 15 is 0 Å². The maximum absolute atomic E-state index is 5.94. The Kier molecular flexibility index (Phi) is 7.92. The molecule has 0 aromatic carbocycles. The fourth-order valence-corrected chi connectivity index (χ4v) is 3.42. The van der Waals surface area contributed by atoms with Crippen molar-refractivity contribution < 1.29 is 14.2 Å². The van der Waals surface area contributed by atoms with E-state index < -0.39 is 0 Å². The van der Waals surface area contributed by atoms with Crippen molar-refractivity contribution in [1.29, 1.82) is 0 Å². The third-order valence-corrected chi connectivity index (χ3v) is 4.88. The molecule has 1 aromatic rings. The Balaban J connectivity index is 1.47. The molecule has 8 heteroatoms. The molecule has 8 nitrogen and oxygen atoms in total. The third-order valence-electron chi connectivity index (χ3n) is 4.88. The van der Waals surface area contributed by atoms with Crippen LogP contribution in [0.1, 0.15) is 37.9 Å². The van der Waals surface area contributed by atoms with Gasteiger partial charge in [-0.1, -0.05) is 0 Å². The summed E-state index contributed by atoms with van der Waals surface area (Å²) in [7, 11) is 1.93. The van der Waals surface area contributed by atoms with Gasteiger partial charge in [-0.2, -0.15) is 5.10 Å². The van der Waals surface area contributed by atoms with Crippen LogP contribution in [-0.2, 0) is 21.3 Å². The number of aryl methyl sites for hydroxylation is 1. The van der Waals surface area contributed by atoms with E-state index in [1.165, 1.54) is 0 Å². The molecule has 2 saturated heterocycles. The highest BCUT2D eigenvalue weighted by Gasteiger charge is 2.25. The minimum atomic E-state index is 0.0353. The lowest BCUT2D eigenvalue weighted by molar-refractivity contribution is -0.0318. The van der Waals surface area contributed by atoms with Gasteiger partial charge in [0.2, 0.25) is 0 Å². The van der Waals surface area contributed by atoms with E-state index in [4.69, 9.17) is 19.2 Å². The van der Waals surface area contributed by atoms with Gasteiger partial charge in [0, 0.05) is 58.3 Å². The highest BCUT2D eigenvalue weighted by molar-refractivity contribution is 5.80. The molecule has 27 heavy (non-hydrogen) atoms. The van der Waals surface area contributed by atoms with Gasteiger partial charge in [-0.15, -0.1) is 0 Å². The standard InChI is InChI=1S/C19H33N5O3/c1-3-20-19(21-7-4-9-26-17-5-10-25-11-6-17)24-8-12-27-18(15-24)16-13-22-23(2)14-16/h13-14,17-18H,3-12,15H2,1-2H3,(H,20,21). The summed E-state index contributed by atoms with van der Waals surface area (Å²) in [6, 6.07) is 0. The van der Waals surface area contributed by atoms with E-state index in [1.54, 1.807) is 0 Å². The lowest BCUT2D eigenvalue weighted by atomic mass is 10.1. The smallest absolute Gasteiger partial charge is 0.194 e. The molecular weight excluding hydrogens is 346 g/mol. The number of hydrogen-bond acceptors (Lipinski definition) is 5. The largest absolute Gasteiger partial charge is 0.381 e. The van der Waals surface area contributed by atoms with Gasteiger partial charge >= 0.3 is 0 Å². The Morgan fingerprint density at radius 1 is 1.37 bits per heavy atom. The van der Waals surface area contributed by atoms with E-state index in [0.29, 0.717) is 12.7 Å². The van der Waals surface area contributed by atoms with Gasteiger partial charge in [-0.05, 0) is 26.2 Å². The molecule has 1 atom stereocenters. The van der Waals surface area contributed by atoms with E-state index in [9.17, 15) is 0 Å². The van der Waals surface area contributed by atoms with Crippen LogP contribution in [0.25, 0.3) is 0 Å². The first-order valence-corrected chi connectivity index (χ1v) is 10.1. The Hall–Kier alpha value is -1.64. The Morgan fingerprint density at radius 3 is 2.96 bits per heavy atom. The zero-order valence-electron chi connectivity index (χ0n) is 16.6. The molecule has 2 fully saturated rings.